The summed E-state index contributed by atoms with van der Waals surface area (Å²) in [7, 11) is -4.46. The molecule has 0 bridgehead atoms. The fourth-order valence-electron chi connectivity index (χ4n) is 0.690. The summed E-state index contributed by atoms with van der Waals surface area (Å²) in [4.78, 5) is 0. The van der Waals surface area contributed by atoms with Crippen LogP contribution in [0.15, 0.2) is 0 Å². The van der Waals surface area contributed by atoms with E-state index >= 15 is 0 Å². The number of unbranched alkanes of at least 4 members (excludes halogenated alkanes) is 3. The Morgan fingerprint density at radius 2 is 1.83 bits per heavy atom. The van der Waals surface area contributed by atoms with Gasteiger partial charge in [0.1, 0.15) is 0 Å². The summed E-state index contributed by atoms with van der Waals surface area (Å²) in [6.07, 6.45) is 3.66. The molecule has 0 fully saturated rings. The Hall–Kier alpha value is 0.870. The third kappa shape index (κ3) is 13.5. The van der Waals surface area contributed by atoms with Gasteiger partial charge in [-0.1, -0.05) is 26.2 Å². The van der Waals surface area contributed by atoms with E-state index in [1.807, 2.05) is 6.92 Å². The summed E-state index contributed by atoms with van der Waals surface area (Å²) in [5.74, 6) is 0. The molecule has 6 heteroatoms. The maximum atomic E-state index is 9.89. The molecule has 0 aromatic rings. The Balaban J connectivity index is 0. The summed E-state index contributed by atoms with van der Waals surface area (Å²) in [6, 6.07) is 0. The zero-order chi connectivity index (χ0) is 8.74. The summed E-state index contributed by atoms with van der Waals surface area (Å²) in [5, 5.41) is 0. The Kier molecular flexibility index (Phi) is 10.8. The van der Waals surface area contributed by atoms with E-state index in [2.05, 4.69) is 4.18 Å². The first-order valence-electron chi connectivity index (χ1n) is 3.66. The molecular weight excluding hydrogens is 191 g/mol. The molecule has 0 amide bonds. The van der Waals surface area contributed by atoms with E-state index < -0.39 is 10.4 Å². The van der Waals surface area contributed by atoms with Gasteiger partial charge in [-0.15, -0.1) is 0 Å². The molecule has 0 aromatic heterocycles. The summed E-state index contributed by atoms with van der Waals surface area (Å²) < 4.78 is 33.7. The molecule has 0 heterocycles. The van der Waals surface area contributed by atoms with Gasteiger partial charge in [-0.05, 0) is 6.42 Å². The van der Waals surface area contributed by atoms with Crippen molar-refractivity contribution >= 4 is 10.4 Å². The van der Waals surface area contributed by atoms with Crippen molar-refractivity contribution in [3.8, 4) is 0 Å². The van der Waals surface area contributed by atoms with Crippen molar-refractivity contribution in [2.45, 2.75) is 32.6 Å². The molecule has 68 valence electrons. The van der Waals surface area contributed by atoms with E-state index in [0.717, 1.165) is 19.3 Å². The molecule has 12 heavy (non-hydrogen) atoms. The van der Waals surface area contributed by atoms with Gasteiger partial charge in [0.05, 0.1) is 6.61 Å². The number of hydrogen-bond acceptors (Lipinski definition) is 4. The first-order chi connectivity index (χ1) is 5.06. The van der Waals surface area contributed by atoms with Gasteiger partial charge in [0.2, 0.25) is 10.4 Å². The van der Waals surface area contributed by atoms with E-state index in [1.54, 1.807) is 0 Å². The van der Waals surface area contributed by atoms with Crippen LogP contribution in [0, 0.1) is 0 Å². The van der Waals surface area contributed by atoms with Gasteiger partial charge in [0, 0.05) is 0 Å². The Labute approximate surface area is 95.9 Å². The zero-order valence-electron chi connectivity index (χ0n) is 7.58. The van der Waals surface area contributed by atoms with Gasteiger partial charge in [-0.3, -0.25) is 4.18 Å². The molecule has 0 aliphatic rings. The van der Waals surface area contributed by atoms with Crippen LogP contribution >= 0.6 is 0 Å². The average Bonchev–Trinajstić information content (AvgIpc) is 1.85. The number of hydrogen-bond donors (Lipinski definition) is 0. The second-order valence-electron chi connectivity index (χ2n) is 2.29. The maximum Gasteiger partial charge on any atom is 1.00 e. The van der Waals surface area contributed by atoms with Crippen LogP contribution in [0.2, 0.25) is 0 Å². The average molecular weight is 204 g/mol. The molecule has 4 nitrogen and oxygen atoms in total. The quantitative estimate of drug-likeness (QED) is 0.218. The van der Waals surface area contributed by atoms with Gasteiger partial charge in [0.15, 0.2) is 0 Å². The third-order valence-electron chi connectivity index (χ3n) is 1.23. The molecule has 0 atom stereocenters. The molecule has 0 saturated heterocycles. The molecular formula is C6H13NaO4S. The smallest absolute Gasteiger partial charge is 0.726 e. The molecule has 0 N–H and O–H groups in total. The van der Waals surface area contributed by atoms with Gasteiger partial charge in [-0.25, -0.2) is 8.42 Å². The molecule has 0 unspecified atom stereocenters. The van der Waals surface area contributed by atoms with Gasteiger partial charge < -0.3 is 4.55 Å². The maximum absolute atomic E-state index is 9.89. The van der Waals surface area contributed by atoms with Crippen LogP contribution in [-0.4, -0.2) is 19.6 Å². The van der Waals surface area contributed by atoms with E-state index in [0.29, 0.717) is 6.42 Å². The molecule has 0 rings (SSSR count). The Bertz CT molecular complexity index is 178. The predicted molar refractivity (Wildman–Crippen MR) is 39.8 cm³/mol. The van der Waals surface area contributed by atoms with Crippen LogP contribution in [0.1, 0.15) is 32.6 Å². The van der Waals surface area contributed by atoms with Crippen molar-refractivity contribution in [1.29, 1.82) is 0 Å². The van der Waals surface area contributed by atoms with Crippen molar-refractivity contribution in [3.05, 3.63) is 0 Å². The normalized spacial score (nSPS) is 10.8. The van der Waals surface area contributed by atoms with Gasteiger partial charge in [0.25, 0.3) is 0 Å². The van der Waals surface area contributed by atoms with Crippen molar-refractivity contribution in [2.24, 2.45) is 0 Å². The van der Waals surface area contributed by atoms with Crippen LogP contribution in [0.4, 0.5) is 0 Å². The molecule has 0 saturated carbocycles. The Morgan fingerprint density at radius 1 is 1.25 bits per heavy atom. The van der Waals surface area contributed by atoms with Crippen molar-refractivity contribution in [2.75, 3.05) is 6.61 Å². The Morgan fingerprint density at radius 3 is 2.25 bits per heavy atom. The minimum Gasteiger partial charge on any atom is -0.726 e. The van der Waals surface area contributed by atoms with Crippen molar-refractivity contribution in [1.82, 2.24) is 0 Å². The summed E-state index contributed by atoms with van der Waals surface area (Å²) in [6.45, 7) is 2.07. The second-order valence-corrected chi connectivity index (χ2v) is 3.34. The zero-order valence-corrected chi connectivity index (χ0v) is 10.4. The number of rotatable bonds is 6. The van der Waals surface area contributed by atoms with E-state index in [1.165, 1.54) is 0 Å². The first-order valence-corrected chi connectivity index (χ1v) is 5.00. The standard InChI is InChI=1S/C6H14O4S.Na/c1-2-3-4-5-6-10-11(7,8)9;/h2-6H2,1H3,(H,7,8,9);/q;+1/p-1. The fourth-order valence-corrected chi connectivity index (χ4v) is 1.01. The van der Waals surface area contributed by atoms with Crippen LogP contribution in [0.25, 0.3) is 0 Å². The first kappa shape index (κ1) is 15.3. The topological polar surface area (TPSA) is 66.4 Å². The second kappa shape index (κ2) is 8.47. The van der Waals surface area contributed by atoms with Gasteiger partial charge in [-0.2, -0.15) is 0 Å². The van der Waals surface area contributed by atoms with E-state index in [9.17, 15) is 13.0 Å². The van der Waals surface area contributed by atoms with E-state index in [4.69, 9.17) is 0 Å². The molecule has 0 radical (unpaired) electrons. The van der Waals surface area contributed by atoms with Crippen molar-refractivity contribution < 1.29 is 46.7 Å². The largest absolute Gasteiger partial charge is 1.00 e. The van der Waals surface area contributed by atoms with Crippen LogP contribution in [0.5, 0.6) is 0 Å². The van der Waals surface area contributed by atoms with Crippen molar-refractivity contribution in [3.63, 3.8) is 0 Å². The summed E-state index contributed by atoms with van der Waals surface area (Å²) >= 11 is 0. The molecule has 0 spiro atoms. The molecule has 0 aromatic carbocycles. The van der Waals surface area contributed by atoms with Crippen LogP contribution in [-0.2, 0) is 14.6 Å². The molecule has 0 aliphatic heterocycles. The minimum absolute atomic E-state index is 0. The monoisotopic (exact) mass is 204 g/mol. The molecule has 0 aliphatic carbocycles. The van der Waals surface area contributed by atoms with Crippen LogP contribution in [0.3, 0.4) is 0 Å². The SMILES string of the molecule is CCCCCCOS(=O)(=O)[O-].[Na+]. The predicted octanol–water partition coefficient (Wildman–Crippen LogP) is -1.95. The minimum atomic E-state index is -4.46. The van der Waals surface area contributed by atoms with Gasteiger partial charge >= 0.3 is 29.6 Å². The third-order valence-corrected chi connectivity index (χ3v) is 1.68. The van der Waals surface area contributed by atoms with E-state index in [-0.39, 0.29) is 36.2 Å². The summed E-state index contributed by atoms with van der Waals surface area (Å²) in [5.41, 5.74) is 0. The van der Waals surface area contributed by atoms with Crippen LogP contribution < -0.4 is 29.6 Å². The fraction of sp³-hybridized carbons (Fsp3) is 1.00.